The van der Waals surface area contributed by atoms with Gasteiger partial charge in [-0.15, -0.1) is 0 Å². The number of benzene rings is 1. The van der Waals surface area contributed by atoms with Gasteiger partial charge in [0.15, 0.2) is 0 Å². The number of nitrogens with one attached hydrogen (secondary N) is 1. The van der Waals surface area contributed by atoms with Gasteiger partial charge in [0.05, 0.1) is 24.9 Å². The lowest BCUT2D eigenvalue weighted by atomic mass is 9.82. The lowest BCUT2D eigenvalue weighted by molar-refractivity contribution is -0.286. The smallest absolute Gasteiger partial charge is 0.407 e. The van der Waals surface area contributed by atoms with Gasteiger partial charge in [0.2, 0.25) is 0 Å². The van der Waals surface area contributed by atoms with Crippen molar-refractivity contribution in [3.8, 4) is 0 Å². The standard InChI is InChI=1S/C24H38N2O5/c1-17-14-20(27)21(31-17)19(25-22(28)29-15-18-10-7-6-8-11-18)16-30-26-23(2,3)12-9-13-24(26,4)5/h6-8,10-11,17,19-21,27H,9,12-16H2,1-5H3,(H,25,28)/t17-,19+,20-,21-/m0/s1. The van der Waals surface area contributed by atoms with Crippen molar-refractivity contribution in [2.75, 3.05) is 6.61 Å². The average Bonchev–Trinajstić information content (AvgIpc) is 3.03. The minimum atomic E-state index is -0.666. The van der Waals surface area contributed by atoms with E-state index in [4.69, 9.17) is 14.3 Å². The molecule has 0 aromatic heterocycles. The van der Waals surface area contributed by atoms with E-state index < -0.39 is 24.3 Å². The molecular weight excluding hydrogens is 396 g/mol. The molecule has 174 valence electrons. The van der Waals surface area contributed by atoms with Gasteiger partial charge in [-0.2, -0.15) is 5.06 Å². The van der Waals surface area contributed by atoms with Gasteiger partial charge in [0, 0.05) is 17.5 Å². The predicted molar refractivity (Wildman–Crippen MR) is 118 cm³/mol. The van der Waals surface area contributed by atoms with Crippen LogP contribution in [0.3, 0.4) is 0 Å². The fourth-order valence-electron chi connectivity index (χ4n) is 4.87. The molecule has 1 aromatic carbocycles. The number of amides is 1. The molecule has 7 heteroatoms. The first-order valence-corrected chi connectivity index (χ1v) is 11.3. The Balaban J connectivity index is 1.65. The summed E-state index contributed by atoms with van der Waals surface area (Å²) in [6, 6.07) is 9.00. The number of hydrogen-bond donors (Lipinski definition) is 2. The Morgan fingerprint density at radius 2 is 1.87 bits per heavy atom. The molecule has 3 rings (SSSR count). The van der Waals surface area contributed by atoms with Gasteiger partial charge in [-0.25, -0.2) is 4.79 Å². The van der Waals surface area contributed by atoms with Crippen molar-refractivity contribution in [3.05, 3.63) is 35.9 Å². The lowest BCUT2D eigenvalue weighted by Crippen LogP contribution is -2.60. The SMILES string of the molecule is C[C@H]1C[C@H](O)[C@H]([C@@H](CON2C(C)(C)CCCC2(C)C)NC(=O)OCc2ccccc2)O1. The Morgan fingerprint density at radius 1 is 1.23 bits per heavy atom. The molecule has 2 heterocycles. The molecule has 2 aliphatic rings. The van der Waals surface area contributed by atoms with E-state index in [2.05, 4.69) is 38.1 Å². The van der Waals surface area contributed by atoms with Crippen LogP contribution >= 0.6 is 0 Å². The number of alkyl carbamates (subject to hydrolysis) is 1. The molecule has 1 amide bonds. The summed E-state index contributed by atoms with van der Waals surface area (Å²) < 4.78 is 11.3. The van der Waals surface area contributed by atoms with Gasteiger partial charge in [-0.3, -0.25) is 4.84 Å². The van der Waals surface area contributed by atoms with Crippen LogP contribution in [0.1, 0.15) is 65.9 Å². The molecule has 2 fully saturated rings. The van der Waals surface area contributed by atoms with Crippen molar-refractivity contribution in [2.45, 2.75) is 102 Å². The topological polar surface area (TPSA) is 80.3 Å². The molecule has 0 unspecified atom stereocenters. The van der Waals surface area contributed by atoms with Crippen LogP contribution in [0.15, 0.2) is 30.3 Å². The van der Waals surface area contributed by atoms with Crippen LogP contribution in [0.25, 0.3) is 0 Å². The maximum absolute atomic E-state index is 12.5. The first-order chi connectivity index (χ1) is 14.6. The van der Waals surface area contributed by atoms with Crippen LogP contribution in [0, 0.1) is 0 Å². The second-order valence-electron chi connectivity index (χ2n) is 10.1. The molecule has 7 nitrogen and oxygen atoms in total. The summed E-state index contributed by atoms with van der Waals surface area (Å²) in [7, 11) is 0. The Labute approximate surface area is 186 Å². The maximum Gasteiger partial charge on any atom is 0.407 e. The zero-order chi connectivity index (χ0) is 22.6. The largest absolute Gasteiger partial charge is 0.445 e. The second kappa shape index (κ2) is 9.86. The van der Waals surface area contributed by atoms with Crippen molar-refractivity contribution >= 4 is 6.09 Å². The molecule has 0 aliphatic carbocycles. The van der Waals surface area contributed by atoms with Crippen molar-refractivity contribution in [3.63, 3.8) is 0 Å². The monoisotopic (exact) mass is 434 g/mol. The number of ether oxygens (including phenoxy) is 2. The van der Waals surface area contributed by atoms with Gasteiger partial charge in [0.1, 0.15) is 12.7 Å². The summed E-state index contributed by atoms with van der Waals surface area (Å²) in [6.45, 7) is 11.0. The molecule has 4 atom stereocenters. The van der Waals surface area contributed by atoms with Crippen molar-refractivity contribution in [1.29, 1.82) is 0 Å². The molecule has 31 heavy (non-hydrogen) atoms. The number of aliphatic hydroxyl groups is 1. The third-order valence-corrected chi connectivity index (χ3v) is 6.31. The van der Waals surface area contributed by atoms with Gasteiger partial charge < -0.3 is 19.9 Å². The van der Waals surface area contributed by atoms with Crippen molar-refractivity contribution in [1.82, 2.24) is 10.4 Å². The Bertz CT molecular complexity index is 708. The van der Waals surface area contributed by atoms with Crippen LogP contribution < -0.4 is 5.32 Å². The third-order valence-electron chi connectivity index (χ3n) is 6.31. The highest BCUT2D eigenvalue weighted by atomic mass is 16.7. The predicted octanol–water partition coefficient (Wildman–Crippen LogP) is 3.79. The van der Waals surface area contributed by atoms with E-state index in [0.29, 0.717) is 6.42 Å². The molecule has 2 saturated heterocycles. The van der Waals surface area contributed by atoms with E-state index in [1.165, 1.54) is 0 Å². The maximum atomic E-state index is 12.5. The van der Waals surface area contributed by atoms with Gasteiger partial charge >= 0.3 is 6.09 Å². The summed E-state index contributed by atoms with van der Waals surface area (Å²) in [5.74, 6) is 0. The van der Waals surface area contributed by atoms with Gasteiger partial charge in [-0.1, -0.05) is 30.3 Å². The molecule has 0 radical (unpaired) electrons. The number of aliphatic hydroxyl groups excluding tert-OH is 1. The second-order valence-corrected chi connectivity index (χ2v) is 10.1. The van der Waals surface area contributed by atoms with E-state index in [1.54, 1.807) is 0 Å². The lowest BCUT2D eigenvalue weighted by Gasteiger charge is -2.51. The van der Waals surface area contributed by atoms with E-state index in [0.717, 1.165) is 24.8 Å². The summed E-state index contributed by atoms with van der Waals surface area (Å²) in [5, 5.41) is 15.4. The molecule has 0 spiro atoms. The van der Waals surface area contributed by atoms with Crippen LogP contribution in [-0.4, -0.2) is 58.3 Å². The average molecular weight is 435 g/mol. The summed E-state index contributed by atoms with van der Waals surface area (Å²) in [4.78, 5) is 18.8. The number of nitrogens with zero attached hydrogens (tertiary/aromatic N) is 1. The molecule has 0 bridgehead atoms. The van der Waals surface area contributed by atoms with Crippen molar-refractivity contribution < 1.29 is 24.2 Å². The normalized spacial score (nSPS) is 28.8. The molecule has 2 N–H and O–H groups in total. The van der Waals surface area contributed by atoms with E-state index in [9.17, 15) is 9.90 Å². The first kappa shape index (κ1) is 24.0. The number of hydrogen-bond acceptors (Lipinski definition) is 6. The number of piperidine rings is 1. The number of carbonyl (C=O) groups is 1. The summed E-state index contributed by atoms with van der Waals surface area (Å²) in [5.41, 5.74) is 0.665. The molecular formula is C24H38N2O5. The molecule has 1 aromatic rings. The van der Waals surface area contributed by atoms with Crippen LogP contribution in [0.4, 0.5) is 4.79 Å². The van der Waals surface area contributed by atoms with E-state index in [1.807, 2.05) is 37.3 Å². The highest BCUT2D eigenvalue weighted by molar-refractivity contribution is 5.67. The highest BCUT2D eigenvalue weighted by Crippen LogP contribution is 2.38. The number of hydroxylamine groups is 2. The van der Waals surface area contributed by atoms with Crippen LogP contribution in [-0.2, 0) is 20.9 Å². The van der Waals surface area contributed by atoms with Crippen LogP contribution in [0.2, 0.25) is 0 Å². The quantitative estimate of drug-likeness (QED) is 0.680. The van der Waals surface area contributed by atoms with E-state index >= 15 is 0 Å². The number of carbonyl (C=O) groups excluding carboxylic acids is 1. The first-order valence-electron chi connectivity index (χ1n) is 11.3. The zero-order valence-corrected chi connectivity index (χ0v) is 19.5. The minimum Gasteiger partial charge on any atom is -0.445 e. The minimum absolute atomic E-state index is 0.0764. The van der Waals surface area contributed by atoms with Gasteiger partial charge in [-0.05, 0) is 59.4 Å². The zero-order valence-electron chi connectivity index (χ0n) is 19.5. The van der Waals surface area contributed by atoms with Crippen molar-refractivity contribution in [2.24, 2.45) is 0 Å². The fraction of sp³-hybridized carbons (Fsp3) is 0.708. The number of rotatable bonds is 7. The fourth-order valence-corrected chi connectivity index (χ4v) is 4.87. The van der Waals surface area contributed by atoms with Crippen LogP contribution in [0.5, 0.6) is 0 Å². The molecule has 2 aliphatic heterocycles. The Hall–Kier alpha value is -1.67. The Morgan fingerprint density at radius 3 is 2.45 bits per heavy atom. The summed E-state index contributed by atoms with van der Waals surface area (Å²) in [6.07, 6.45) is 1.91. The Kier molecular flexibility index (Phi) is 7.63. The molecule has 0 saturated carbocycles. The third kappa shape index (κ3) is 6.19. The summed E-state index contributed by atoms with van der Waals surface area (Å²) >= 11 is 0. The van der Waals surface area contributed by atoms with E-state index in [-0.39, 0.29) is 30.4 Å². The highest BCUT2D eigenvalue weighted by Gasteiger charge is 2.44. The van der Waals surface area contributed by atoms with Gasteiger partial charge in [0.25, 0.3) is 0 Å².